The molecule has 1 aliphatic carbocycles. The third-order valence-electron chi connectivity index (χ3n) is 6.16. The highest BCUT2D eigenvalue weighted by Crippen LogP contribution is 2.38. The molecule has 1 aliphatic rings. The first-order valence-corrected chi connectivity index (χ1v) is 11.5. The Bertz CT molecular complexity index is 661. The van der Waals surface area contributed by atoms with Crippen LogP contribution in [0.4, 0.5) is 0 Å². The Kier molecular flexibility index (Phi) is 10.1. The van der Waals surface area contributed by atoms with Gasteiger partial charge in [0.1, 0.15) is 0 Å². The highest BCUT2D eigenvalue weighted by molar-refractivity contribution is 5.94. The number of nitrogens with one attached hydrogen (secondary N) is 3. The van der Waals surface area contributed by atoms with Gasteiger partial charge >= 0.3 is 0 Å². The monoisotopic (exact) mass is 416 g/mol. The number of amides is 1. The van der Waals surface area contributed by atoms with Gasteiger partial charge in [-0.1, -0.05) is 38.3 Å². The summed E-state index contributed by atoms with van der Waals surface area (Å²) in [6, 6.07) is 7.83. The molecule has 6 heteroatoms. The second kappa shape index (κ2) is 12.6. The standard InChI is InChI=1S/C24H40N4O2/c1-4-19(3)28-22(30)21-11-9-20(10-12-21)17-26-23(25-5-2)27-18-24(15-16-29)13-7-6-8-14-24/h9-12,19,29H,4-8,13-18H2,1-3H3,(H,28,30)(H2,25,26,27). The third-order valence-corrected chi connectivity index (χ3v) is 6.16. The molecular formula is C24H40N4O2. The molecule has 1 unspecified atom stereocenters. The second-order valence-electron chi connectivity index (χ2n) is 8.56. The fourth-order valence-corrected chi connectivity index (χ4v) is 4.01. The number of aliphatic hydroxyl groups excluding tert-OH is 1. The summed E-state index contributed by atoms with van der Waals surface area (Å²) in [6.45, 7) is 8.56. The zero-order valence-corrected chi connectivity index (χ0v) is 19.0. The van der Waals surface area contributed by atoms with Gasteiger partial charge in [0, 0.05) is 31.3 Å². The Morgan fingerprint density at radius 3 is 2.43 bits per heavy atom. The molecule has 2 rings (SSSR count). The minimum absolute atomic E-state index is 0.0314. The summed E-state index contributed by atoms with van der Waals surface area (Å²) in [5, 5.41) is 19.3. The lowest BCUT2D eigenvalue weighted by Gasteiger charge is -2.37. The maximum Gasteiger partial charge on any atom is 0.251 e. The van der Waals surface area contributed by atoms with Gasteiger partial charge in [0.15, 0.2) is 5.96 Å². The number of hydrogen-bond donors (Lipinski definition) is 4. The molecule has 0 bridgehead atoms. The summed E-state index contributed by atoms with van der Waals surface area (Å²) < 4.78 is 0. The van der Waals surface area contributed by atoms with Crippen molar-refractivity contribution in [2.75, 3.05) is 19.7 Å². The zero-order chi connectivity index (χ0) is 21.8. The van der Waals surface area contributed by atoms with Gasteiger partial charge in [-0.05, 0) is 62.6 Å². The molecule has 168 valence electrons. The smallest absolute Gasteiger partial charge is 0.251 e. The van der Waals surface area contributed by atoms with Crippen molar-refractivity contribution in [3.8, 4) is 0 Å². The average molecular weight is 417 g/mol. The molecule has 0 radical (unpaired) electrons. The number of aliphatic hydroxyl groups is 1. The topological polar surface area (TPSA) is 85.8 Å². The zero-order valence-electron chi connectivity index (χ0n) is 19.0. The molecule has 1 aromatic carbocycles. The van der Waals surface area contributed by atoms with Crippen molar-refractivity contribution in [3.05, 3.63) is 35.4 Å². The van der Waals surface area contributed by atoms with E-state index in [9.17, 15) is 9.90 Å². The van der Waals surface area contributed by atoms with Crippen LogP contribution in [0.15, 0.2) is 29.3 Å². The minimum Gasteiger partial charge on any atom is -0.396 e. The third kappa shape index (κ3) is 7.63. The normalized spacial score (nSPS) is 17.3. The first-order chi connectivity index (χ1) is 14.5. The van der Waals surface area contributed by atoms with Crippen LogP contribution in [0, 0.1) is 5.41 Å². The Labute approximate surface area is 181 Å². The second-order valence-corrected chi connectivity index (χ2v) is 8.56. The molecule has 1 aromatic rings. The fourth-order valence-electron chi connectivity index (χ4n) is 4.01. The van der Waals surface area contributed by atoms with Crippen molar-refractivity contribution in [2.24, 2.45) is 10.4 Å². The molecule has 0 aliphatic heterocycles. The average Bonchev–Trinajstić information content (AvgIpc) is 2.76. The number of carbonyl (C=O) groups excluding carboxylic acids is 1. The maximum atomic E-state index is 12.2. The van der Waals surface area contributed by atoms with Gasteiger partial charge in [-0.15, -0.1) is 0 Å². The molecular weight excluding hydrogens is 376 g/mol. The summed E-state index contributed by atoms with van der Waals surface area (Å²) in [4.78, 5) is 16.9. The van der Waals surface area contributed by atoms with Crippen LogP contribution < -0.4 is 16.0 Å². The molecule has 0 aromatic heterocycles. The molecule has 1 amide bonds. The van der Waals surface area contributed by atoms with E-state index in [0.29, 0.717) is 12.1 Å². The van der Waals surface area contributed by atoms with Crippen LogP contribution >= 0.6 is 0 Å². The van der Waals surface area contributed by atoms with E-state index >= 15 is 0 Å². The van der Waals surface area contributed by atoms with E-state index in [1.54, 1.807) is 0 Å². The molecule has 1 fully saturated rings. The van der Waals surface area contributed by atoms with Gasteiger partial charge < -0.3 is 21.1 Å². The number of aliphatic imine (C=N–C) groups is 1. The van der Waals surface area contributed by atoms with Crippen molar-refractivity contribution in [3.63, 3.8) is 0 Å². The van der Waals surface area contributed by atoms with Crippen molar-refractivity contribution in [1.29, 1.82) is 0 Å². The van der Waals surface area contributed by atoms with Gasteiger partial charge in [0.2, 0.25) is 0 Å². The van der Waals surface area contributed by atoms with Crippen LogP contribution in [0.3, 0.4) is 0 Å². The lowest BCUT2D eigenvalue weighted by atomic mass is 9.72. The summed E-state index contributed by atoms with van der Waals surface area (Å²) in [5.74, 6) is 0.773. The Hall–Kier alpha value is -2.08. The number of guanidine groups is 1. The fraction of sp³-hybridized carbons (Fsp3) is 0.667. The van der Waals surface area contributed by atoms with Crippen LogP contribution in [0.1, 0.15) is 81.6 Å². The van der Waals surface area contributed by atoms with Gasteiger partial charge in [0.05, 0.1) is 6.54 Å². The maximum absolute atomic E-state index is 12.2. The SMILES string of the molecule is CCNC(=NCc1ccc(C(=O)NC(C)CC)cc1)NCC1(CCO)CCCCC1. The molecule has 0 heterocycles. The Morgan fingerprint density at radius 2 is 1.83 bits per heavy atom. The molecule has 6 nitrogen and oxygen atoms in total. The number of rotatable bonds is 10. The largest absolute Gasteiger partial charge is 0.396 e. The van der Waals surface area contributed by atoms with Gasteiger partial charge in [-0.25, -0.2) is 4.99 Å². The first kappa shape index (κ1) is 24.2. The molecule has 30 heavy (non-hydrogen) atoms. The summed E-state index contributed by atoms with van der Waals surface area (Å²) in [7, 11) is 0. The predicted molar refractivity (Wildman–Crippen MR) is 124 cm³/mol. The van der Waals surface area contributed by atoms with Crippen molar-refractivity contribution in [2.45, 2.75) is 78.3 Å². The quantitative estimate of drug-likeness (QED) is 0.347. The molecule has 1 atom stereocenters. The summed E-state index contributed by atoms with van der Waals surface area (Å²) in [6.07, 6.45) is 7.88. The van der Waals surface area contributed by atoms with Gasteiger partial charge in [0.25, 0.3) is 5.91 Å². The molecule has 0 spiro atoms. The van der Waals surface area contributed by atoms with Crippen molar-refractivity contribution in [1.82, 2.24) is 16.0 Å². The predicted octanol–water partition coefficient (Wildman–Crippen LogP) is 3.60. The van der Waals surface area contributed by atoms with E-state index in [1.165, 1.54) is 32.1 Å². The first-order valence-electron chi connectivity index (χ1n) is 11.5. The minimum atomic E-state index is -0.0314. The van der Waals surface area contributed by atoms with E-state index in [-0.39, 0.29) is 24.0 Å². The summed E-state index contributed by atoms with van der Waals surface area (Å²) in [5.41, 5.74) is 1.92. The van der Waals surface area contributed by atoms with E-state index in [1.807, 2.05) is 31.2 Å². The van der Waals surface area contributed by atoms with Gasteiger partial charge in [-0.2, -0.15) is 0 Å². The highest BCUT2D eigenvalue weighted by atomic mass is 16.3. The number of nitrogens with zero attached hydrogens (tertiary/aromatic N) is 1. The van der Waals surface area contributed by atoms with Crippen LogP contribution in [-0.2, 0) is 6.54 Å². The lowest BCUT2D eigenvalue weighted by Crippen LogP contribution is -2.44. The lowest BCUT2D eigenvalue weighted by molar-refractivity contribution is 0.0939. The van der Waals surface area contributed by atoms with Crippen LogP contribution in [0.25, 0.3) is 0 Å². The Morgan fingerprint density at radius 1 is 1.13 bits per heavy atom. The van der Waals surface area contributed by atoms with Crippen LogP contribution in [0.2, 0.25) is 0 Å². The molecule has 1 saturated carbocycles. The van der Waals surface area contributed by atoms with Crippen LogP contribution in [-0.4, -0.2) is 42.7 Å². The van der Waals surface area contributed by atoms with E-state index in [4.69, 9.17) is 4.99 Å². The van der Waals surface area contributed by atoms with Crippen LogP contribution in [0.5, 0.6) is 0 Å². The van der Waals surface area contributed by atoms with Crippen molar-refractivity contribution < 1.29 is 9.90 Å². The highest BCUT2D eigenvalue weighted by Gasteiger charge is 2.31. The van der Waals surface area contributed by atoms with Crippen molar-refractivity contribution >= 4 is 11.9 Å². The van der Waals surface area contributed by atoms with E-state index in [0.717, 1.165) is 37.5 Å². The summed E-state index contributed by atoms with van der Waals surface area (Å²) >= 11 is 0. The molecule has 4 N–H and O–H groups in total. The number of benzene rings is 1. The van der Waals surface area contributed by atoms with Gasteiger partial charge in [-0.3, -0.25) is 4.79 Å². The molecule has 0 saturated heterocycles. The Balaban J connectivity index is 1.95. The van der Waals surface area contributed by atoms with E-state index in [2.05, 4.69) is 29.8 Å². The number of carbonyl (C=O) groups is 1. The van der Waals surface area contributed by atoms with E-state index < -0.39 is 0 Å². The number of hydrogen-bond acceptors (Lipinski definition) is 3.